The van der Waals surface area contributed by atoms with Crippen LogP contribution in [0.15, 0.2) is 54.6 Å². The van der Waals surface area contributed by atoms with Crippen LogP contribution in [0.1, 0.15) is 22.8 Å². The van der Waals surface area contributed by atoms with Gasteiger partial charge in [-0.25, -0.2) is 4.79 Å². The van der Waals surface area contributed by atoms with Gasteiger partial charge in [-0.05, 0) is 36.8 Å². The second kappa shape index (κ2) is 9.08. The number of carbonyl (C=O) groups is 2. The van der Waals surface area contributed by atoms with Crippen molar-refractivity contribution in [2.24, 2.45) is 5.92 Å². The third kappa shape index (κ3) is 5.99. The van der Waals surface area contributed by atoms with Gasteiger partial charge in [-0.1, -0.05) is 30.3 Å². The number of benzene rings is 2. The largest absolute Gasteiger partial charge is 0.348 e. The van der Waals surface area contributed by atoms with E-state index in [-0.39, 0.29) is 24.4 Å². The van der Waals surface area contributed by atoms with E-state index in [0.29, 0.717) is 17.8 Å². The van der Waals surface area contributed by atoms with Gasteiger partial charge in [0.2, 0.25) is 0 Å². The summed E-state index contributed by atoms with van der Waals surface area (Å²) in [4.78, 5) is 23.8. The quantitative estimate of drug-likeness (QED) is 0.757. The lowest BCUT2D eigenvalue weighted by Crippen LogP contribution is -2.32. The van der Waals surface area contributed by atoms with Gasteiger partial charge >= 0.3 is 6.03 Å². The average Bonchev–Trinajstić information content (AvgIpc) is 2.65. The van der Waals surface area contributed by atoms with E-state index < -0.39 is 0 Å². The van der Waals surface area contributed by atoms with Crippen LogP contribution in [0.2, 0.25) is 0 Å². The fourth-order valence-electron chi connectivity index (χ4n) is 2.05. The highest BCUT2D eigenvalue weighted by molar-refractivity contribution is 5.95. The Morgan fingerprint density at radius 3 is 2.36 bits per heavy atom. The first kappa shape index (κ1) is 18.0. The molecule has 0 aromatic heterocycles. The minimum Gasteiger partial charge on any atom is -0.348 e. The Kier molecular flexibility index (Phi) is 6.55. The minimum absolute atomic E-state index is 0.178. The first-order chi connectivity index (χ1) is 12.1. The van der Waals surface area contributed by atoms with Gasteiger partial charge in [-0.2, -0.15) is 5.26 Å². The van der Waals surface area contributed by atoms with Crippen molar-refractivity contribution in [3.8, 4) is 6.07 Å². The first-order valence-corrected chi connectivity index (χ1v) is 7.95. The van der Waals surface area contributed by atoms with E-state index in [9.17, 15) is 9.59 Å². The smallest absolute Gasteiger partial charge is 0.319 e. The molecule has 0 aliphatic rings. The van der Waals surface area contributed by atoms with Gasteiger partial charge in [0.25, 0.3) is 5.91 Å². The molecule has 3 amide bonds. The van der Waals surface area contributed by atoms with E-state index in [1.807, 2.05) is 36.4 Å². The van der Waals surface area contributed by atoms with Crippen molar-refractivity contribution in [1.29, 1.82) is 5.26 Å². The number of urea groups is 1. The molecular formula is C19H20N4O2. The van der Waals surface area contributed by atoms with Crippen molar-refractivity contribution in [3.05, 3.63) is 65.7 Å². The molecule has 2 aromatic rings. The number of hydrogen-bond donors (Lipinski definition) is 3. The standard InChI is InChI=1S/C19H20N4O2/c1-14(11-20)12-22-19(25)23-17-9-7-16(8-10-17)18(24)21-13-15-5-3-2-4-6-15/h2-10,14H,12-13H2,1H3,(H,21,24)(H2,22,23,25)/t14-/m1/s1. The molecule has 0 fully saturated rings. The predicted octanol–water partition coefficient (Wildman–Crippen LogP) is 2.90. The van der Waals surface area contributed by atoms with E-state index in [1.165, 1.54) is 0 Å². The summed E-state index contributed by atoms with van der Waals surface area (Å²) < 4.78 is 0. The maximum absolute atomic E-state index is 12.1. The van der Waals surface area contributed by atoms with Gasteiger partial charge < -0.3 is 16.0 Å². The minimum atomic E-state index is -0.386. The zero-order valence-corrected chi connectivity index (χ0v) is 14.0. The third-order valence-corrected chi connectivity index (χ3v) is 3.49. The Bertz CT molecular complexity index is 751. The van der Waals surface area contributed by atoms with Gasteiger partial charge in [0.1, 0.15) is 0 Å². The summed E-state index contributed by atoms with van der Waals surface area (Å²) in [5.41, 5.74) is 2.11. The van der Waals surface area contributed by atoms with Crippen molar-refractivity contribution in [2.75, 3.05) is 11.9 Å². The molecule has 2 aromatic carbocycles. The zero-order valence-electron chi connectivity index (χ0n) is 14.0. The number of nitrogens with zero attached hydrogens (tertiary/aromatic N) is 1. The molecule has 0 spiro atoms. The lowest BCUT2D eigenvalue weighted by Gasteiger charge is -2.09. The Morgan fingerprint density at radius 2 is 1.72 bits per heavy atom. The van der Waals surface area contributed by atoms with Gasteiger partial charge in [0, 0.05) is 24.3 Å². The molecule has 6 heteroatoms. The van der Waals surface area contributed by atoms with Crippen LogP contribution >= 0.6 is 0 Å². The monoisotopic (exact) mass is 336 g/mol. The molecule has 0 bridgehead atoms. The normalized spacial score (nSPS) is 11.0. The van der Waals surface area contributed by atoms with Crippen molar-refractivity contribution >= 4 is 17.6 Å². The van der Waals surface area contributed by atoms with E-state index in [2.05, 4.69) is 16.0 Å². The van der Waals surface area contributed by atoms with E-state index >= 15 is 0 Å². The predicted molar refractivity (Wildman–Crippen MR) is 95.9 cm³/mol. The maximum atomic E-state index is 12.1. The highest BCUT2D eigenvalue weighted by Crippen LogP contribution is 2.10. The first-order valence-electron chi connectivity index (χ1n) is 7.95. The summed E-state index contributed by atoms with van der Waals surface area (Å²) in [5.74, 6) is -0.427. The van der Waals surface area contributed by atoms with E-state index in [0.717, 1.165) is 5.56 Å². The van der Waals surface area contributed by atoms with Crippen LogP contribution < -0.4 is 16.0 Å². The van der Waals surface area contributed by atoms with Crippen LogP contribution in [-0.4, -0.2) is 18.5 Å². The Morgan fingerprint density at radius 1 is 1.04 bits per heavy atom. The van der Waals surface area contributed by atoms with Crippen molar-refractivity contribution in [2.45, 2.75) is 13.5 Å². The molecule has 128 valence electrons. The Hall–Kier alpha value is -3.33. The van der Waals surface area contributed by atoms with Crippen LogP contribution in [0.4, 0.5) is 10.5 Å². The van der Waals surface area contributed by atoms with Crippen LogP contribution in [0.25, 0.3) is 0 Å². The summed E-state index contributed by atoms with van der Waals surface area (Å²) in [6.45, 7) is 2.46. The summed E-state index contributed by atoms with van der Waals surface area (Å²) in [7, 11) is 0. The Balaban J connectivity index is 1.83. The number of carbonyl (C=O) groups excluding carboxylic acids is 2. The topological polar surface area (TPSA) is 94.0 Å². The molecule has 1 atom stereocenters. The lowest BCUT2D eigenvalue weighted by molar-refractivity contribution is 0.0951. The van der Waals surface area contributed by atoms with Gasteiger partial charge in [-0.3, -0.25) is 4.79 Å². The lowest BCUT2D eigenvalue weighted by atomic mass is 10.1. The van der Waals surface area contributed by atoms with Gasteiger partial charge in [0.05, 0.1) is 12.0 Å². The molecule has 3 N–H and O–H groups in total. The summed E-state index contributed by atoms with van der Waals surface area (Å²) >= 11 is 0. The maximum Gasteiger partial charge on any atom is 0.319 e. The SMILES string of the molecule is C[C@H](C#N)CNC(=O)Nc1ccc(C(=O)NCc2ccccc2)cc1. The Labute approximate surface area is 146 Å². The van der Waals surface area contributed by atoms with Crippen molar-refractivity contribution < 1.29 is 9.59 Å². The van der Waals surface area contributed by atoms with Gasteiger partial charge in [-0.15, -0.1) is 0 Å². The third-order valence-electron chi connectivity index (χ3n) is 3.49. The van der Waals surface area contributed by atoms with Crippen LogP contribution in [-0.2, 0) is 6.54 Å². The van der Waals surface area contributed by atoms with Crippen molar-refractivity contribution in [3.63, 3.8) is 0 Å². The molecule has 0 aliphatic heterocycles. The molecule has 0 heterocycles. The highest BCUT2D eigenvalue weighted by Gasteiger charge is 2.07. The second-order valence-electron chi connectivity index (χ2n) is 5.61. The number of nitriles is 1. The molecule has 0 saturated carbocycles. The van der Waals surface area contributed by atoms with E-state index in [4.69, 9.17) is 5.26 Å². The van der Waals surface area contributed by atoms with Gasteiger partial charge in [0.15, 0.2) is 0 Å². The summed E-state index contributed by atoms with van der Waals surface area (Å²) in [6, 6.07) is 17.9. The number of amides is 3. The molecule has 0 unspecified atom stereocenters. The highest BCUT2D eigenvalue weighted by atomic mass is 16.2. The number of hydrogen-bond acceptors (Lipinski definition) is 3. The number of rotatable bonds is 6. The summed E-state index contributed by atoms with van der Waals surface area (Å²) in [6.07, 6.45) is 0. The van der Waals surface area contributed by atoms with Crippen LogP contribution in [0.3, 0.4) is 0 Å². The second-order valence-corrected chi connectivity index (χ2v) is 5.61. The zero-order chi connectivity index (χ0) is 18.1. The molecule has 2 rings (SSSR count). The number of nitrogens with one attached hydrogen (secondary N) is 3. The van der Waals surface area contributed by atoms with Crippen LogP contribution in [0.5, 0.6) is 0 Å². The molecule has 0 saturated heterocycles. The van der Waals surface area contributed by atoms with Crippen LogP contribution in [0, 0.1) is 17.2 Å². The number of anilines is 1. The molecule has 25 heavy (non-hydrogen) atoms. The fraction of sp³-hybridized carbons (Fsp3) is 0.211. The molecule has 0 radical (unpaired) electrons. The summed E-state index contributed by atoms with van der Waals surface area (Å²) in [5, 5.41) is 16.8. The van der Waals surface area contributed by atoms with E-state index in [1.54, 1.807) is 31.2 Å². The molecule has 0 aliphatic carbocycles. The molecule has 6 nitrogen and oxygen atoms in total. The average molecular weight is 336 g/mol. The fourth-order valence-corrected chi connectivity index (χ4v) is 2.05. The van der Waals surface area contributed by atoms with Crippen molar-refractivity contribution in [1.82, 2.24) is 10.6 Å². The molecular weight excluding hydrogens is 316 g/mol.